The first-order chi connectivity index (χ1) is 8.22. The van der Waals surface area contributed by atoms with Gasteiger partial charge < -0.3 is 15.4 Å². The highest BCUT2D eigenvalue weighted by atomic mass is 16.6. The lowest BCUT2D eigenvalue weighted by atomic mass is 10.2. The van der Waals surface area contributed by atoms with E-state index in [0.29, 0.717) is 6.54 Å². The van der Waals surface area contributed by atoms with Crippen LogP contribution in [0.3, 0.4) is 0 Å². The molecule has 17 heavy (non-hydrogen) atoms. The fourth-order valence-corrected chi connectivity index (χ4v) is 1.88. The molecule has 2 heterocycles. The van der Waals surface area contributed by atoms with Gasteiger partial charge in [-0.3, -0.25) is 10.1 Å². The first-order valence-corrected chi connectivity index (χ1v) is 5.32. The normalized spacial score (nSPS) is 23.6. The van der Waals surface area contributed by atoms with Crippen LogP contribution in [0.2, 0.25) is 0 Å². The van der Waals surface area contributed by atoms with Crippen molar-refractivity contribution in [3.63, 3.8) is 0 Å². The average molecular weight is 238 g/mol. The molecule has 1 aromatic rings. The molecular weight excluding hydrogens is 224 g/mol. The van der Waals surface area contributed by atoms with E-state index >= 15 is 0 Å². The Morgan fingerprint density at radius 3 is 3.18 bits per heavy atom. The van der Waals surface area contributed by atoms with Gasteiger partial charge in [0.05, 0.1) is 17.1 Å². The number of rotatable bonds is 4. The Kier molecular flexibility index (Phi) is 3.50. The summed E-state index contributed by atoms with van der Waals surface area (Å²) in [6.07, 6.45) is 1.52. The molecule has 0 spiro atoms. The minimum absolute atomic E-state index is 0.00314. The summed E-state index contributed by atoms with van der Waals surface area (Å²) in [6, 6.07) is 2.97. The monoisotopic (exact) mass is 238 g/mol. The van der Waals surface area contributed by atoms with Crippen molar-refractivity contribution >= 4 is 11.5 Å². The second-order valence-corrected chi connectivity index (χ2v) is 3.81. The maximum atomic E-state index is 10.8. The highest BCUT2D eigenvalue weighted by molar-refractivity contribution is 5.55. The van der Waals surface area contributed by atoms with Gasteiger partial charge in [-0.25, -0.2) is 4.98 Å². The highest BCUT2D eigenvalue weighted by Gasteiger charge is 2.29. The average Bonchev–Trinajstić information content (AvgIpc) is 2.77. The van der Waals surface area contributed by atoms with Crippen LogP contribution in [0.25, 0.3) is 0 Å². The van der Waals surface area contributed by atoms with Gasteiger partial charge in [0.2, 0.25) is 5.82 Å². The van der Waals surface area contributed by atoms with Crippen molar-refractivity contribution in [1.82, 2.24) is 10.3 Å². The molecule has 1 aromatic heterocycles. The fraction of sp³-hybridized carbons (Fsp3) is 0.500. The number of ether oxygens (including phenoxy) is 1. The Morgan fingerprint density at radius 1 is 1.65 bits per heavy atom. The number of nitrogens with zero attached hydrogens (tertiary/aromatic N) is 2. The zero-order valence-electron chi connectivity index (χ0n) is 9.42. The van der Waals surface area contributed by atoms with Gasteiger partial charge in [-0.15, -0.1) is 0 Å². The largest absolute Gasteiger partial charge is 0.378 e. The van der Waals surface area contributed by atoms with Crippen LogP contribution in [-0.4, -0.2) is 42.3 Å². The summed E-state index contributed by atoms with van der Waals surface area (Å²) in [4.78, 5) is 14.4. The molecule has 1 fully saturated rings. The lowest BCUT2D eigenvalue weighted by molar-refractivity contribution is -0.384. The number of hydrogen-bond donors (Lipinski definition) is 2. The van der Waals surface area contributed by atoms with Gasteiger partial charge in [-0.05, 0) is 6.07 Å². The molecule has 1 aliphatic heterocycles. The van der Waals surface area contributed by atoms with Crippen LogP contribution in [-0.2, 0) is 4.74 Å². The second-order valence-electron chi connectivity index (χ2n) is 3.81. The van der Waals surface area contributed by atoms with Crippen LogP contribution in [0.15, 0.2) is 18.3 Å². The van der Waals surface area contributed by atoms with Crippen molar-refractivity contribution in [2.24, 2.45) is 0 Å². The van der Waals surface area contributed by atoms with Crippen molar-refractivity contribution in [3.05, 3.63) is 28.4 Å². The van der Waals surface area contributed by atoms with E-state index in [2.05, 4.69) is 15.6 Å². The van der Waals surface area contributed by atoms with Crippen molar-refractivity contribution in [2.75, 3.05) is 25.5 Å². The van der Waals surface area contributed by atoms with Crippen molar-refractivity contribution in [3.8, 4) is 0 Å². The van der Waals surface area contributed by atoms with Gasteiger partial charge in [0.1, 0.15) is 0 Å². The molecule has 1 unspecified atom stereocenters. The number of hydrogen-bond acceptors (Lipinski definition) is 6. The zero-order valence-corrected chi connectivity index (χ0v) is 9.42. The lowest BCUT2D eigenvalue weighted by Gasteiger charge is -2.18. The van der Waals surface area contributed by atoms with E-state index in [9.17, 15) is 10.1 Å². The van der Waals surface area contributed by atoms with Gasteiger partial charge in [0.15, 0.2) is 0 Å². The Morgan fingerprint density at radius 2 is 2.47 bits per heavy atom. The fourth-order valence-electron chi connectivity index (χ4n) is 1.88. The SMILES string of the molecule is CO[C@H]1CNCC1Nc1ncccc1[N+](=O)[O-]. The summed E-state index contributed by atoms with van der Waals surface area (Å²) in [6.45, 7) is 1.43. The van der Waals surface area contributed by atoms with Gasteiger partial charge >= 0.3 is 5.69 Å². The van der Waals surface area contributed by atoms with E-state index < -0.39 is 4.92 Å². The minimum Gasteiger partial charge on any atom is -0.378 e. The molecule has 0 bridgehead atoms. The summed E-state index contributed by atoms with van der Waals surface area (Å²) >= 11 is 0. The Hall–Kier alpha value is -1.73. The quantitative estimate of drug-likeness (QED) is 0.582. The Labute approximate surface area is 98.3 Å². The number of anilines is 1. The van der Waals surface area contributed by atoms with Crippen molar-refractivity contribution < 1.29 is 9.66 Å². The molecule has 0 saturated carbocycles. The van der Waals surface area contributed by atoms with Gasteiger partial charge in [0, 0.05) is 32.5 Å². The van der Waals surface area contributed by atoms with Gasteiger partial charge in [-0.2, -0.15) is 0 Å². The van der Waals surface area contributed by atoms with Gasteiger partial charge in [0.25, 0.3) is 0 Å². The van der Waals surface area contributed by atoms with E-state index in [1.54, 1.807) is 13.2 Å². The molecule has 7 heteroatoms. The van der Waals surface area contributed by atoms with E-state index in [4.69, 9.17) is 4.74 Å². The standard InChI is InChI=1S/C10H14N4O3/c1-17-9-6-11-5-7(9)13-10-8(14(15)16)3-2-4-12-10/h2-4,7,9,11H,5-6H2,1H3,(H,12,13)/t7?,9-/m0/s1. The molecule has 7 nitrogen and oxygen atoms in total. The number of methoxy groups -OCH3 is 1. The summed E-state index contributed by atoms with van der Waals surface area (Å²) in [7, 11) is 1.62. The summed E-state index contributed by atoms with van der Waals surface area (Å²) in [5.74, 6) is 0.285. The Bertz CT molecular complexity index is 412. The first-order valence-electron chi connectivity index (χ1n) is 5.32. The molecule has 0 radical (unpaired) electrons. The third kappa shape index (κ3) is 2.51. The molecule has 0 aromatic carbocycles. The number of pyridine rings is 1. The first kappa shape index (κ1) is 11.7. The van der Waals surface area contributed by atoms with Crippen LogP contribution in [0, 0.1) is 10.1 Å². The molecule has 0 amide bonds. The van der Waals surface area contributed by atoms with Crippen LogP contribution in [0.1, 0.15) is 0 Å². The molecule has 2 atom stereocenters. The maximum absolute atomic E-state index is 10.8. The molecule has 1 aliphatic rings. The smallest absolute Gasteiger partial charge is 0.311 e. The predicted octanol–water partition coefficient (Wildman–Crippen LogP) is 0.389. The van der Waals surface area contributed by atoms with E-state index in [0.717, 1.165) is 6.54 Å². The van der Waals surface area contributed by atoms with Crippen LogP contribution >= 0.6 is 0 Å². The maximum Gasteiger partial charge on any atom is 0.311 e. The third-order valence-electron chi connectivity index (χ3n) is 2.77. The summed E-state index contributed by atoms with van der Waals surface area (Å²) in [5, 5.41) is 17.0. The summed E-state index contributed by atoms with van der Waals surface area (Å²) in [5.41, 5.74) is -0.0192. The third-order valence-corrected chi connectivity index (χ3v) is 2.77. The van der Waals surface area contributed by atoms with Crippen molar-refractivity contribution in [1.29, 1.82) is 0 Å². The topological polar surface area (TPSA) is 89.3 Å². The lowest BCUT2D eigenvalue weighted by Crippen LogP contribution is -2.34. The van der Waals surface area contributed by atoms with Gasteiger partial charge in [-0.1, -0.05) is 0 Å². The summed E-state index contributed by atoms with van der Waals surface area (Å²) < 4.78 is 5.27. The molecule has 0 aliphatic carbocycles. The van der Waals surface area contributed by atoms with E-state index in [-0.39, 0.29) is 23.7 Å². The minimum atomic E-state index is -0.445. The predicted molar refractivity (Wildman–Crippen MR) is 62.0 cm³/mol. The zero-order chi connectivity index (χ0) is 12.3. The second kappa shape index (κ2) is 5.07. The Balaban J connectivity index is 2.15. The highest BCUT2D eigenvalue weighted by Crippen LogP contribution is 2.22. The van der Waals surface area contributed by atoms with Crippen molar-refractivity contribution in [2.45, 2.75) is 12.1 Å². The number of nitrogens with one attached hydrogen (secondary N) is 2. The number of nitro groups is 1. The van der Waals surface area contributed by atoms with E-state index in [1.165, 1.54) is 12.3 Å². The van der Waals surface area contributed by atoms with Crippen LogP contribution in [0.4, 0.5) is 11.5 Å². The molecule has 2 rings (SSSR count). The number of aromatic nitrogens is 1. The van der Waals surface area contributed by atoms with Crippen LogP contribution in [0.5, 0.6) is 0 Å². The molecular formula is C10H14N4O3. The molecule has 2 N–H and O–H groups in total. The molecule has 92 valence electrons. The molecule has 1 saturated heterocycles. The van der Waals surface area contributed by atoms with Crippen LogP contribution < -0.4 is 10.6 Å². The van der Waals surface area contributed by atoms with E-state index in [1.807, 2.05) is 0 Å².